The van der Waals surface area contributed by atoms with Crippen molar-refractivity contribution in [3.8, 4) is 21.8 Å². The van der Waals surface area contributed by atoms with Crippen LogP contribution in [0.15, 0.2) is 72.1 Å². The second-order valence-corrected chi connectivity index (χ2v) is 6.97. The van der Waals surface area contributed by atoms with Gasteiger partial charge in [0.2, 0.25) is 0 Å². The zero-order chi connectivity index (χ0) is 20.4. The van der Waals surface area contributed by atoms with Crippen LogP contribution in [0.2, 0.25) is 0 Å². The Balaban J connectivity index is 1.68. The van der Waals surface area contributed by atoms with E-state index in [4.69, 9.17) is 0 Å². The summed E-state index contributed by atoms with van der Waals surface area (Å²) in [5.41, 5.74) is 1.12. The van der Waals surface area contributed by atoms with E-state index in [1.165, 1.54) is 23.5 Å². The molecule has 0 aliphatic heterocycles. The number of halogens is 3. The molecule has 0 bridgehead atoms. The van der Waals surface area contributed by atoms with Gasteiger partial charge in [-0.15, -0.1) is 11.3 Å². The van der Waals surface area contributed by atoms with Gasteiger partial charge in [0.05, 0.1) is 11.4 Å². The molecule has 0 saturated heterocycles. The van der Waals surface area contributed by atoms with E-state index in [0.29, 0.717) is 27.5 Å². The van der Waals surface area contributed by atoms with Crippen molar-refractivity contribution in [1.82, 2.24) is 4.98 Å². The fraction of sp³-hybridized carbons (Fsp3) is 0. The summed E-state index contributed by atoms with van der Waals surface area (Å²) in [6.45, 7) is 0. The van der Waals surface area contributed by atoms with E-state index in [0.717, 1.165) is 12.1 Å². The van der Waals surface area contributed by atoms with Gasteiger partial charge in [0.15, 0.2) is 0 Å². The highest BCUT2D eigenvalue weighted by molar-refractivity contribution is 7.13. The van der Waals surface area contributed by atoms with Crippen LogP contribution >= 0.6 is 11.3 Å². The lowest BCUT2D eigenvalue weighted by Crippen LogP contribution is -2.16. The molecule has 0 atom stereocenters. The minimum Gasteiger partial charge on any atom is -0.321 e. The minimum atomic E-state index is -0.949. The maximum absolute atomic E-state index is 14.0. The number of hydrogen-bond donors (Lipinski definition) is 1. The van der Waals surface area contributed by atoms with Gasteiger partial charge < -0.3 is 5.32 Å². The molecule has 0 unspecified atom stereocenters. The smallest absolute Gasteiger partial charge is 0.261 e. The van der Waals surface area contributed by atoms with E-state index in [2.05, 4.69) is 10.3 Å². The average Bonchev–Trinajstić information content (AvgIpc) is 3.18. The number of hydrogen-bond acceptors (Lipinski definition) is 3. The molecule has 1 amide bonds. The molecule has 1 N–H and O–H groups in total. The summed E-state index contributed by atoms with van der Waals surface area (Å²) in [5, 5.41) is 4.76. The Morgan fingerprint density at radius 3 is 2.14 bits per heavy atom. The Morgan fingerprint density at radius 2 is 1.41 bits per heavy atom. The van der Waals surface area contributed by atoms with Crippen molar-refractivity contribution in [3.05, 3.63) is 95.1 Å². The molecule has 4 rings (SSSR count). The van der Waals surface area contributed by atoms with E-state index < -0.39 is 23.1 Å². The summed E-state index contributed by atoms with van der Waals surface area (Å²) in [5.74, 6) is -3.19. The van der Waals surface area contributed by atoms with Crippen molar-refractivity contribution in [2.45, 2.75) is 0 Å². The summed E-state index contributed by atoms with van der Waals surface area (Å²) in [7, 11) is 0. The predicted octanol–water partition coefficient (Wildman–Crippen LogP) is 6.15. The summed E-state index contributed by atoms with van der Waals surface area (Å²) < 4.78 is 41.9. The number of nitrogens with one attached hydrogen (secondary N) is 1. The van der Waals surface area contributed by atoms with Gasteiger partial charge in [0.1, 0.15) is 28.0 Å². The van der Waals surface area contributed by atoms with Crippen LogP contribution in [-0.4, -0.2) is 10.9 Å². The molecule has 29 heavy (non-hydrogen) atoms. The predicted molar refractivity (Wildman–Crippen MR) is 107 cm³/mol. The van der Waals surface area contributed by atoms with Crippen LogP contribution in [0.4, 0.5) is 18.9 Å². The molecule has 1 aromatic heterocycles. The molecule has 0 spiro atoms. The second-order valence-electron chi connectivity index (χ2n) is 6.11. The van der Waals surface area contributed by atoms with E-state index in [9.17, 15) is 18.0 Å². The van der Waals surface area contributed by atoms with Gasteiger partial charge in [-0.1, -0.05) is 36.4 Å². The monoisotopic (exact) mass is 410 g/mol. The quantitative estimate of drug-likeness (QED) is 0.439. The largest absolute Gasteiger partial charge is 0.321 e. The van der Waals surface area contributed by atoms with Crippen LogP contribution in [0.25, 0.3) is 21.8 Å². The van der Waals surface area contributed by atoms with Crippen molar-refractivity contribution < 1.29 is 18.0 Å². The molecule has 4 aromatic rings. The van der Waals surface area contributed by atoms with Gasteiger partial charge in [-0.05, 0) is 30.3 Å². The van der Waals surface area contributed by atoms with Crippen LogP contribution in [0, 0.1) is 17.5 Å². The number of anilines is 1. The molecular formula is C22H13F3N2OS. The first kappa shape index (κ1) is 18.9. The molecule has 3 nitrogen and oxygen atoms in total. The van der Waals surface area contributed by atoms with Gasteiger partial charge in [-0.25, -0.2) is 18.2 Å². The molecule has 144 valence electrons. The molecular weight excluding hydrogens is 397 g/mol. The highest BCUT2D eigenvalue weighted by atomic mass is 32.1. The molecule has 1 heterocycles. The number of benzene rings is 3. The van der Waals surface area contributed by atoms with Gasteiger partial charge in [0, 0.05) is 16.5 Å². The Hall–Kier alpha value is -3.45. The van der Waals surface area contributed by atoms with Crippen molar-refractivity contribution in [2.75, 3.05) is 5.32 Å². The zero-order valence-electron chi connectivity index (χ0n) is 14.8. The van der Waals surface area contributed by atoms with Crippen molar-refractivity contribution in [1.29, 1.82) is 0 Å². The van der Waals surface area contributed by atoms with Gasteiger partial charge in [0.25, 0.3) is 5.91 Å². The number of nitrogens with zero attached hydrogens (tertiary/aromatic N) is 1. The highest BCUT2D eigenvalue weighted by Gasteiger charge is 2.19. The fourth-order valence-electron chi connectivity index (χ4n) is 2.87. The minimum absolute atomic E-state index is 0.338. The topological polar surface area (TPSA) is 42.0 Å². The number of carbonyl (C=O) groups is 1. The van der Waals surface area contributed by atoms with Gasteiger partial charge >= 0.3 is 0 Å². The first-order valence-electron chi connectivity index (χ1n) is 8.60. The SMILES string of the molecule is O=C(Nc1ccccc1-c1csc(-c2ccccc2F)n1)c1c(F)cccc1F. The standard InChI is InChI=1S/C22H13F3N2OS/c23-15-8-3-1-6-13(15)22-27-19(12-29-22)14-7-2-4-11-18(14)26-21(28)20-16(24)9-5-10-17(20)25/h1-12H,(H,26,28). The lowest BCUT2D eigenvalue weighted by atomic mass is 10.1. The van der Waals surface area contributed by atoms with Crippen LogP contribution in [0.5, 0.6) is 0 Å². The van der Waals surface area contributed by atoms with E-state index in [1.54, 1.807) is 47.8 Å². The van der Waals surface area contributed by atoms with Crippen molar-refractivity contribution >= 4 is 22.9 Å². The molecule has 0 saturated carbocycles. The average molecular weight is 410 g/mol. The third-order valence-electron chi connectivity index (χ3n) is 4.25. The third-order valence-corrected chi connectivity index (χ3v) is 5.13. The summed E-state index contributed by atoms with van der Waals surface area (Å²) in [4.78, 5) is 16.9. The van der Waals surface area contributed by atoms with E-state index in [1.807, 2.05) is 0 Å². The summed E-state index contributed by atoms with van der Waals surface area (Å²) >= 11 is 1.26. The van der Waals surface area contributed by atoms with Gasteiger partial charge in [-0.3, -0.25) is 4.79 Å². The van der Waals surface area contributed by atoms with Crippen LogP contribution < -0.4 is 5.32 Å². The number of carbonyl (C=O) groups excluding carboxylic acids is 1. The maximum atomic E-state index is 14.0. The highest BCUT2D eigenvalue weighted by Crippen LogP contribution is 2.34. The molecule has 3 aromatic carbocycles. The van der Waals surface area contributed by atoms with Crippen LogP contribution in [-0.2, 0) is 0 Å². The van der Waals surface area contributed by atoms with Gasteiger partial charge in [-0.2, -0.15) is 0 Å². The molecule has 7 heteroatoms. The summed E-state index contributed by atoms with van der Waals surface area (Å²) in [6.07, 6.45) is 0. The lowest BCUT2D eigenvalue weighted by Gasteiger charge is -2.10. The Morgan fingerprint density at radius 1 is 0.793 bits per heavy atom. The molecule has 0 radical (unpaired) electrons. The second kappa shape index (κ2) is 7.89. The number of aromatic nitrogens is 1. The number of amides is 1. The van der Waals surface area contributed by atoms with Crippen LogP contribution in [0.1, 0.15) is 10.4 Å². The van der Waals surface area contributed by atoms with Crippen molar-refractivity contribution in [3.63, 3.8) is 0 Å². The van der Waals surface area contributed by atoms with E-state index in [-0.39, 0.29) is 5.82 Å². The number of para-hydroxylation sites is 1. The normalized spacial score (nSPS) is 10.7. The fourth-order valence-corrected chi connectivity index (χ4v) is 3.72. The number of thiazole rings is 1. The Labute approximate surface area is 168 Å². The Bertz CT molecular complexity index is 1190. The lowest BCUT2D eigenvalue weighted by molar-refractivity contribution is 0.101. The molecule has 0 aliphatic rings. The first-order chi connectivity index (χ1) is 14.0. The maximum Gasteiger partial charge on any atom is 0.261 e. The summed E-state index contributed by atoms with van der Waals surface area (Å²) in [6, 6.07) is 16.3. The zero-order valence-corrected chi connectivity index (χ0v) is 15.6. The molecule has 0 aliphatic carbocycles. The Kier molecular flexibility index (Phi) is 5.14. The third kappa shape index (κ3) is 3.77. The van der Waals surface area contributed by atoms with Crippen LogP contribution in [0.3, 0.4) is 0 Å². The molecule has 0 fully saturated rings. The number of rotatable bonds is 4. The van der Waals surface area contributed by atoms with Crippen molar-refractivity contribution in [2.24, 2.45) is 0 Å². The van der Waals surface area contributed by atoms with E-state index >= 15 is 0 Å². The first-order valence-corrected chi connectivity index (χ1v) is 9.48.